The highest BCUT2D eigenvalue weighted by Crippen LogP contribution is 2.31. The number of thiophene rings is 1. The van der Waals surface area contributed by atoms with Crippen molar-refractivity contribution in [2.75, 3.05) is 11.1 Å². The van der Waals surface area contributed by atoms with Gasteiger partial charge >= 0.3 is 0 Å². The van der Waals surface area contributed by atoms with E-state index in [0.29, 0.717) is 23.7 Å². The summed E-state index contributed by atoms with van der Waals surface area (Å²) in [5.41, 5.74) is 9.11. The molecule has 180 valence electrons. The first-order chi connectivity index (χ1) is 17.5. The Labute approximate surface area is 211 Å². The van der Waals surface area contributed by atoms with E-state index < -0.39 is 0 Å². The molecule has 3 aromatic heterocycles. The number of amides is 1. The third-order valence-corrected chi connectivity index (χ3v) is 6.95. The molecular formula is C27H23FN6OS. The van der Waals surface area contributed by atoms with E-state index in [0.717, 1.165) is 31.8 Å². The van der Waals surface area contributed by atoms with Gasteiger partial charge in [-0.3, -0.25) is 4.79 Å². The van der Waals surface area contributed by atoms with E-state index in [9.17, 15) is 9.18 Å². The van der Waals surface area contributed by atoms with Crippen LogP contribution in [0.25, 0.3) is 21.3 Å². The third kappa shape index (κ3) is 5.01. The summed E-state index contributed by atoms with van der Waals surface area (Å²) in [5.74, 6) is 0.374. The second kappa shape index (κ2) is 10.1. The van der Waals surface area contributed by atoms with Gasteiger partial charge in [-0.25, -0.2) is 19.3 Å². The summed E-state index contributed by atoms with van der Waals surface area (Å²) in [6.45, 7) is 2.36. The zero-order valence-corrected chi connectivity index (χ0v) is 20.2. The fourth-order valence-electron chi connectivity index (χ4n) is 3.87. The first-order valence-corrected chi connectivity index (χ1v) is 12.1. The van der Waals surface area contributed by atoms with Crippen molar-refractivity contribution in [2.24, 2.45) is 0 Å². The summed E-state index contributed by atoms with van der Waals surface area (Å²) < 4.78 is 13.2. The highest BCUT2D eigenvalue weighted by atomic mass is 32.1. The Bertz CT molecular complexity index is 1540. The average molecular weight is 499 g/mol. The SMILES string of the molecule is C[C@H](NC(=O)c1cccnc1NCc1ccc(-c2ccc3ncnc(N)c3c2)s1)c1ccc(F)cc1. The number of carbonyl (C=O) groups excluding carboxylic acids is 1. The van der Waals surface area contributed by atoms with E-state index >= 15 is 0 Å². The van der Waals surface area contributed by atoms with Crippen LogP contribution in [0.15, 0.2) is 79.3 Å². The van der Waals surface area contributed by atoms with Gasteiger partial charge < -0.3 is 16.4 Å². The molecule has 5 aromatic rings. The lowest BCUT2D eigenvalue weighted by Gasteiger charge is -2.16. The number of anilines is 2. The monoisotopic (exact) mass is 498 g/mol. The van der Waals surface area contributed by atoms with E-state index in [4.69, 9.17) is 5.73 Å². The maximum Gasteiger partial charge on any atom is 0.255 e. The quantitative estimate of drug-likeness (QED) is 0.271. The number of halogens is 1. The van der Waals surface area contributed by atoms with Gasteiger partial charge in [0.15, 0.2) is 0 Å². The van der Waals surface area contributed by atoms with Crippen LogP contribution in [-0.4, -0.2) is 20.9 Å². The number of nitrogens with two attached hydrogens (primary N) is 1. The molecule has 0 bridgehead atoms. The number of benzene rings is 2. The van der Waals surface area contributed by atoms with Gasteiger partial charge in [0.05, 0.1) is 23.7 Å². The molecule has 1 atom stereocenters. The molecule has 0 unspecified atom stereocenters. The predicted molar refractivity (Wildman–Crippen MR) is 141 cm³/mol. The van der Waals surface area contributed by atoms with E-state index in [1.54, 1.807) is 41.8 Å². The van der Waals surface area contributed by atoms with Crippen LogP contribution in [0.4, 0.5) is 16.0 Å². The van der Waals surface area contributed by atoms with Crippen LogP contribution in [-0.2, 0) is 6.54 Å². The number of pyridine rings is 1. The Morgan fingerprint density at radius 2 is 1.89 bits per heavy atom. The Morgan fingerprint density at radius 1 is 1.06 bits per heavy atom. The second-order valence-corrected chi connectivity index (χ2v) is 9.42. The number of rotatable bonds is 7. The predicted octanol–water partition coefficient (Wildman–Crippen LogP) is 5.58. The van der Waals surface area contributed by atoms with Crippen LogP contribution in [0.2, 0.25) is 0 Å². The van der Waals surface area contributed by atoms with Crippen LogP contribution in [0.1, 0.15) is 33.8 Å². The lowest BCUT2D eigenvalue weighted by atomic mass is 10.1. The normalized spacial score (nSPS) is 11.8. The fourth-order valence-corrected chi connectivity index (χ4v) is 4.81. The Morgan fingerprint density at radius 3 is 2.72 bits per heavy atom. The highest BCUT2D eigenvalue weighted by molar-refractivity contribution is 7.15. The molecule has 0 aliphatic heterocycles. The molecular weight excluding hydrogens is 475 g/mol. The maximum absolute atomic E-state index is 13.2. The van der Waals surface area contributed by atoms with Gasteiger partial charge in [0.1, 0.15) is 23.8 Å². The molecule has 36 heavy (non-hydrogen) atoms. The molecule has 0 aliphatic rings. The first-order valence-electron chi connectivity index (χ1n) is 11.3. The van der Waals surface area contributed by atoms with E-state index in [-0.39, 0.29) is 17.8 Å². The number of nitrogens with zero attached hydrogens (tertiary/aromatic N) is 3. The molecule has 2 aromatic carbocycles. The number of hydrogen-bond donors (Lipinski definition) is 3. The van der Waals surface area contributed by atoms with Crippen LogP contribution < -0.4 is 16.4 Å². The summed E-state index contributed by atoms with van der Waals surface area (Å²) in [6.07, 6.45) is 3.10. The van der Waals surface area contributed by atoms with Crippen LogP contribution in [0.3, 0.4) is 0 Å². The van der Waals surface area contributed by atoms with Crippen molar-refractivity contribution < 1.29 is 9.18 Å². The van der Waals surface area contributed by atoms with E-state index in [1.807, 2.05) is 31.2 Å². The van der Waals surface area contributed by atoms with Crippen LogP contribution >= 0.6 is 11.3 Å². The zero-order chi connectivity index (χ0) is 25.1. The minimum Gasteiger partial charge on any atom is -0.383 e. The van der Waals surface area contributed by atoms with Gasteiger partial charge in [-0.2, -0.15) is 0 Å². The smallest absolute Gasteiger partial charge is 0.255 e. The third-order valence-electron chi connectivity index (χ3n) is 5.81. The van der Waals surface area contributed by atoms with Gasteiger partial charge in [-0.05, 0) is 66.6 Å². The minimum atomic E-state index is -0.313. The Hall–Kier alpha value is -4.37. The first kappa shape index (κ1) is 23.4. The van der Waals surface area contributed by atoms with Gasteiger partial charge in [0.2, 0.25) is 0 Å². The summed E-state index contributed by atoms with van der Waals surface area (Å²) in [6, 6.07) is 19.3. The molecule has 0 radical (unpaired) electrons. The van der Waals surface area contributed by atoms with Gasteiger partial charge in [-0.15, -0.1) is 11.3 Å². The molecule has 4 N–H and O–H groups in total. The van der Waals surface area contributed by atoms with Crippen molar-refractivity contribution in [3.8, 4) is 10.4 Å². The number of carbonyl (C=O) groups is 1. The molecule has 0 spiro atoms. The summed E-state index contributed by atoms with van der Waals surface area (Å²) in [7, 11) is 0. The fraction of sp³-hybridized carbons (Fsp3) is 0.111. The standard InChI is InChI=1S/C27H23FN6OS/c1-16(17-4-7-19(28)8-5-17)34-27(35)21-3-2-12-30-26(21)31-14-20-9-11-24(36-20)18-6-10-23-22(13-18)25(29)33-15-32-23/h2-13,15-16H,14H2,1H3,(H,30,31)(H,34,35)(H2,29,32,33)/t16-/m0/s1. The van der Waals surface area contributed by atoms with Crippen molar-refractivity contribution in [3.05, 3.63) is 101 Å². The van der Waals surface area contributed by atoms with Gasteiger partial charge in [0.25, 0.3) is 5.91 Å². The molecule has 0 aliphatic carbocycles. The molecule has 7 nitrogen and oxygen atoms in total. The molecule has 0 fully saturated rings. The number of aromatic nitrogens is 3. The largest absolute Gasteiger partial charge is 0.383 e. The van der Waals surface area contributed by atoms with Crippen molar-refractivity contribution in [1.29, 1.82) is 0 Å². The van der Waals surface area contributed by atoms with Gasteiger partial charge in [-0.1, -0.05) is 18.2 Å². The zero-order valence-electron chi connectivity index (χ0n) is 19.4. The van der Waals surface area contributed by atoms with Crippen molar-refractivity contribution in [2.45, 2.75) is 19.5 Å². The summed E-state index contributed by atoms with van der Waals surface area (Å²) >= 11 is 1.64. The number of nitrogens with one attached hydrogen (secondary N) is 2. The lowest BCUT2D eigenvalue weighted by molar-refractivity contribution is 0.0940. The van der Waals surface area contributed by atoms with Crippen molar-refractivity contribution >= 4 is 39.8 Å². The molecule has 1 amide bonds. The number of nitrogen functional groups attached to an aromatic ring is 1. The van der Waals surface area contributed by atoms with Gasteiger partial charge in [0, 0.05) is 21.3 Å². The Kier molecular flexibility index (Phi) is 6.55. The summed E-state index contributed by atoms with van der Waals surface area (Å²) in [4.78, 5) is 27.8. The highest BCUT2D eigenvalue weighted by Gasteiger charge is 2.16. The van der Waals surface area contributed by atoms with Crippen molar-refractivity contribution in [3.63, 3.8) is 0 Å². The van der Waals surface area contributed by atoms with E-state index in [2.05, 4.69) is 31.7 Å². The molecule has 3 heterocycles. The second-order valence-electron chi connectivity index (χ2n) is 8.26. The molecule has 5 rings (SSSR count). The topological polar surface area (TPSA) is 106 Å². The van der Waals surface area contributed by atoms with Crippen LogP contribution in [0.5, 0.6) is 0 Å². The van der Waals surface area contributed by atoms with E-state index in [1.165, 1.54) is 18.5 Å². The Balaban J connectivity index is 1.28. The van der Waals surface area contributed by atoms with Crippen LogP contribution in [0, 0.1) is 5.82 Å². The molecule has 0 saturated carbocycles. The summed E-state index contributed by atoms with van der Waals surface area (Å²) in [5, 5.41) is 7.06. The van der Waals surface area contributed by atoms with Crippen molar-refractivity contribution in [1.82, 2.24) is 20.3 Å². The number of fused-ring (bicyclic) bond motifs is 1. The lowest BCUT2D eigenvalue weighted by Crippen LogP contribution is -2.27. The minimum absolute atomic E-state index is 0.259. The molecule has 0 saturated heterocycles. The molecule has 9 heteroatoms. The average Bonchev–Trinajstić information content (AvgIpc) is 3.37. The number of hydrogen-bond acceptors (Lipinski definition) is 7. The maximum atomic E-state index is 13.2.